The zero-order valence-corrected chi connectivity index (χ0v) is 13.2. The van der Waals surface area contributed by atoms with Crippen molar-refractivity contribution in [2.75, 3.05) is 0 Å². The summed E-state index contributed by atoms with van der Waals surface area (Å²) in [6.45, 7) is 8.98. The minimum Gasteiger partial charge on any atom is -0.324 e. The molecule has 0 aliphatic rings. The first-order valence-electron chi connectivity index (χ1n) is 8.05. The van der Waals surface area contributed by atoms with E-state index in [1.54, 1.807) is 0 Å². The summed E-state index contributed by atoms with van der Waals surface area (Å²) >= 11 is 0. The Morgan fingerprint density at radius 2 is 1.47 bits per heavy atom. The highest BCUT2D eigenvalue weighted by Crippen LogP contribution is 2.29. The molecule has 0 saturated heterocycles. The van der Waals surface area contributed by atoms with Gasteiger partial charge in [0.25, 0.3) is 0 Å². The van der Waals surface area contributed by atoms with Crippen LogP contribution in [0.15, 0.2) is 18.2 Å². The fourth-order valence-electron chi connectivity index (χ4n) is 3.04. The second kappa shape index (κ2) is 8.37. The SMILES string of the molecule is CCCC(CCC)C(N)c1ccc(CC)c(CC)c1. The van der Waals surface area contributed by atoms with Crippen molar-refractivity contribution in [1.29, 1.82) is 0 Å². The van der Waals surface area contributed by atoms with Gasteiger partial charge in [0.05, 0.1) is 0 Å². The van der Waals surface area contributed by atoms with E-state index >= 15 is 0 Å². The fourth-order valence-corrected chi connectivity index (χ4v) is 3.04. The highest BCUT2D eigenvalue weighted by Gasteiger charge is 2.18. The van der Waals surface area contributed by atoms with Crippen molar-refractivity contribution in [2.24, 2.45) is 11.7 Å². The summed E-state index contributed by atoms with van der Waals surface area (Å²) in [4.78, 5) is 0. The number of hydrogen-bond donors (Lipinski definition) is 1. The molecule has 1 nitrogen and oxygen atoms in total. The molecule has 0 heterocycles. The summed E-state index contributed by atoms with van der Waals surface area (Å²) in [5.74, 6) is 0.632. The van der Waals surface area contributed by atoms with Gasteiger partial charge in [0, 0.05) is 6.04 Å². The first kappa shape index (κ1) is 16.2. The van der Waals surface area contributed by atoms with Crippen molar-refractivity contribution in [3.05, 3.63) is 34.9 Å². The van der Waals surface area contributed by atoms with Gasteiger partial charge in [-0.3, -0.25) is 0 Å². The molecule has 0 bridgehead atoms. The van der Waals surface area contributed by atoms with Crippen molar-refractivity contribution in [3.8, 4) is 0 Å². The molecule has 0 aromatic heterocycles. The van der Waals surface area contributed by atoms with Crippen LogP contribution in [-0.4, -0.2) is 0 Å². The molecule has 1 aromatic carbocycles. The van der Waals surface area contributed by atoms with Crippen molar-refractivity contribution < 1.29 is 0 Å². The summed E-state index contributed by atoms with van der Waals surface area (Å²) in [6.07, 6.45) is 7.16. The van der Waals surface area contributed by atoms with Crippen molar-refractivity contribution in [2.45, 2.75) is 72.3 Å². The highest BCUT2D eigenvalue weighted by atomic mass is 14.6. The second-order valence-electron chi connectivity index (χ2n) is 5.60. The van der Waals surface area contributed by atoms with Gasteiger partial charge in [0.1, 0.15) is 0 Å². The molecule has 0 fully saturated rings. The minimum absolute atomic E-state index is 0.205. The Labute approximate surface area is 119 Å². The number of benzene rings is 1. The molecular weight excluding hydrogens is 230 g/mol. The molecule has 108 valence electrons. The Balaban J connectivity index is 2.93. The van der Waals surface area contributed by atoms with Crippen LogP contribution in [0.25, 0.3) is 0 Å². The van der Waals surface area contributed by atoms with E-state index in [9.17, 15) is 0 Å². The quantitative estimate of drug-likeness (QED) is 0.698. The Hall–Kier alpha value is -0.820. The molecule has 2 N–H and O–H groups in total. The van der Waals surface area contributed by atoms with Crippen LogP contribution in [0, 0.1) is 5.92 Å². The lowest BCUT2D eigenvalue weighted by atomic mass is 9.85. The third kappa shape index (κ3) is 4.35. The molecule has 0 saturated carbocycles. The third-order valence-corrected chi connectivity index (χ3v) is 4.20. The minimum atomic E-state index is 0.205. The molecule has 1 atom stereocenters. The first-order chi connectivity index (χ1) is 9.17. The van der Waals surface area contributed by atoms with Crippen LogP contribution in [-0.2, 0) is 12.8 Å². The average molecular weight is 261 g/mol. The maximum atomic E-state index is 6.53. The van der Waals surface area contributed by atoms with Crippen LogP contribution in [0.2, 0.25) is 0 Å². The zero-order chi connectivity index (χ0) is 14.3. The normalized spacial score (nSPS) is 12.9. The highest BCUT2D eigenvalue weighted by molar-refractivity contribution is 5.34. The standard InChI is InChI=1S/C18H31N/c1-5-9-16(10-6-2)18(19)17-12-11-14(7-3)15(8-4)13-17/h11-13,16,18H,5-10,19H2,1-4H3. The van der Waals surface area contributed by atoms with Crippen LogP contribution in [0.3, 0.4) is 0 Å². The first-order valence-corrected chi connectivity index (χ1v) is 8.05. The van der Waals surface area contributed by atoms with E-state index in [-0.39, 0.29) is 6.04 Å². The molecule has 0 aliphatic carbocycles. The van der Waals surface area contributed by atoms with Crippen LogP contribution in [0.1, 0.15) is 76.1 Å². The summed E-state index contributed by atoms with van der Waals surface area (Å²) in [6, 6.07) is 7.09. The van der Waals surface area contributed by atoms with E-state index in [4.69, 9.17) is 5.73 Å². The van der Waals surface area contributed by atoms with Gasteiger partial charge in [0.15, 0.2) is 0 Å². The average Bonchev–Trinajstić information content (AvgIpc) is 2.45. The molecule has 0 aliphatic heterocycles. The molecule has 1 rings (SSSR count). The Morgan fingerprint density at radius 3 is 1.95 bits per heavy atom. The Bertz CT molecular complexity index is 364. The Kier molecular flexibility index (Phi) is 7.15. The van der Waals surface area contributed by atoms with Gasteiger partial charge >= 0.3 is 0 Å². The maximum Gasteiger partial charge on any atom is 0.0323 e. The van der Waals surface area contributed by atoms with Gasteiger partial charge in [-0.2, -0.15) is 0 Å². The third-order valence-electron chi connectivity index (χ3n) is 4.20. The van der Waals surface area contributed by atoms with Gasteiger partial charge in [-0.1, -0.05) is 58.7 Å². The number of aryl methyl sites for hydroxylation is 2. The molecule has 0 spiro atoms. The van der Waals surface area contributed by atoms with E-state index in [1.165, 1.54) is 42.4 Å². The lowest BCUT2D eigenvalue weighted by Crippen LogP contribution is -2.21. The van der Waals surface area contributed by atoms with Crippen LogP contribution < -0.4 is 5.73 Å². The predicted molar refractivity (Wildman–Crippen MR) is 85.4 cm³/mol. The lowest BCUT2D eigenvalue weighted by molar-refractivity contribution is 0.368. The number of hydrogen-bond acceptors (Lipinski definition) is 1. The van der Waals surface area contributed by atoms with E-state index in [1.807, 2.05) is 0 Å². The van der Waals surface area contributed by atoms with E-state index in [2.05, 4.69) is 45.9 Å². The molecule has 0 radical (unpaired) electrons. The second-order valence-corrected chi connectivity index (χ2v) is 5.60. The van der Waals surface area contributed by atoms with E-state index in [0.29, 0.717) is 5.92 Å². The van der Waals surface area contributed by atoms with Crippen LogP contribution in [0.5, 0.6) is 0 Å². The smallest absolute Gasteiger partial charge is 0.0323 e. The van der Waals surface area contributed by atoms with E-state index in [0.717, 1.165) is 12.8 Å². The van der Waals surface area contributed by atoms with Gasteiger partial charge in [0.2, 0.25) is 0 Å². The summed E-state index contributed by atoms with van der Waals surface area (Å²) < 4.78 is 0. The van der Waals surface area contributed by atoms with Crippen molar-refractivity contribution >= 4 is 0 Å². The van der Waals surface area contributed by atoms with Gasteiger partial charge in [-0.05, 0) is 48.3 Å². The van der Waals surface area contributed by atoms with Gasteiger partial charge in [-0.15, -0.1) is 0 Å². The van der Waals surface area contributed by atoms with Crippen LogP contribution in [0.4, 0.5) is 0 Å². The zero-order valence-electron chi connectivity index (χ0n) is 13.2. The maximum absolute atomic E-state index is 6.53. The van der Waals surface area contributed by atoms with E-state index < -0.39 is 0 Å². The Morgan fingerprint density at radius 1 is 0.895 bits per heavy atom. The van der Waals surface area contributed by atoms with Crippen molar-refractivity contribution in [3.63, 3.8) is 0 Å². The molecule has 1 unspecified atom stereocenters. The van der Waals surface area contributed by atoms with Gasteiger partial charge < -0.3 is 5.73 Å². The van der Waals surface area contributed by atoms with Crippen LogP contribution >= 0.6 is 0 Å². The summed E-state index contributed by atoms with van der Waals surface area (Å²) in [5.41, 5.74) is 10.8. The number of nitrogens with two attached hydrogens (primary N) is 1. The monoisotopic (exact) mass is 261 g/mol. The predicted octanol–water partition coefficient (Wildman–Crippen LogP) is 5.03. The largest absolute Gasteiger partial charge is 0.324 e. The number of rotatable bonds is 8. The summed E-state index contributed by atoms with van der Waals surface area (Å²) in [7, 11) is 0. The van der Waals surface area contributed by atoms with Crippen molar-refractivity contribution in [1.82, 2.24) is 0 Å². The lowest BCUT2D eigenvalue weighted by Gasteiger charge is -2.24. The molecule has 19 heavy (non-hydrogen) atoms. The molecule has 1 aromatic rings. The molecule has 0 amide bonds. The molecule has 1 heteroatoms. The fraction of sp³-hybridized carbons (Fsp3) is 0.667. The molecular formula is C18H31N. The topological polar surface area (TPSA) is 26.0 Å². The summed E-state index contributed by atoms with van der Waals surface area (Å²) in [5, 5.41) is 0. The van der Waals surface area contributed by atoms with Gasteiger partial charge in [-0.25, -0.2) is 0 Å².